The van der Waals surface area contributed by atoms with Crippen molar-refractivity contribution in [3.8, 4) is 0 Å². The van der Waals surface area contributed by atoms with Gasteiger partial charge in [-0.25, -0.2) is 21.9 Å². The van der Waals surface area contributed by atoms with Gasteiger partial charge in [0.15, 0.2) is 0 Å². The summed E-state index contributed by atoms with van der Waals surface area (Å²) in [6.07, 6.45) is -0.911. The molecule has 0 aliphatic carbocycles. The van der Waals surface area contributed by atoms with Crippen LogP contribution in [0.4, 0.5) is 8.78 Å². The predicted molar refractivity (Wildman–Crippen MR) is 53.2 cm³/mol. The molecule has 0 radical (unpaired) electrons. The number of benzene rings is 1. The molecule has 2 N–H and O–H groups in total. The van der Waals surface area contributed by atoms with Gasteiger partial charge in [-0.3, -0.25) is 0 Å². The Hall–Kier alpha value is -1.05. The maximum absolute atomic E-state index is 13.1. The monoisotopic (exact) mass is 251 g/mol. The third kappa shape index (κ3) is 3.22. The van der Waals surface area contributed by atoms with Crippen LogP contribution in [0.15, 0.2) is 23.1 Å². The van der Waals surface area contributed by atoms with Gasteiger partial charge in [-0.05, 0) is 25.1 Å². The summed E-state index contributed by atoms with van der Waals surface area (Å²) in [5.74, 6) is -1.89. The third-order valence-electron chi connectivity index (χ3n) is 1.75. The van der Waals surface area contributed by atoms with Crippen LogP contribution in [-0.2, 0) is 10.0 Å². The van der Waals surface area contributed by atoms with E-state index in [9.17, 15) is 17.2 Å². The molecule has 7 heteroatoms. The van der Waals surface area contributed by atoms with Crippen molar-refractivity contribution in [1.29, 1.82) is 0 Å². The molecule has 1 atom stereocenters. The molecule has 0 bridgehead atoms. The number of aliphatic hydroxyl groups excluding tert-OH is 1. The zero-order valence-electron chi connectivity index (χ0n) is 8.44. The number of aliphatic hydroxyl groups is 1. The van der Waals surface area contributed by atoms with E-state index in [0.717, 1.165) is 12.1 Å². The van der Waals surface area contributed by atoms with E-state index in [1.54, 1.807) is 0 Å². The van der Waals surface area contributed by atoms with Crippen molar-refractivity contribution in [2.24, 2.45) is 0 Å². The molecular weight excluding hydrogens is 240 g/mol. The first-order chi connectivity index (χ1) is 7.33. The number of nitrogens with one attached hydrogen (secondary N) is 1. The van der Waals surface area contributed by atoms with Crippen LogP contribution in [-0.4, -0.2) is 26.2 Å². The van der Waals surface area contributed by atoms with E-state index in [-0.39, 0.29) is 6.54 Å². The van der Waals surface area contributed by atoms with Gasteiger partial charge in [0.2, 0.25) is 10.0 Å². The van der Waals surface area contributed by atoms with Gasteiger partial charge in [0.1, 0.15) is 16.5 Å². The third-order valence-corrected chi connectivity index (χ3v) is 3.19. The minimum Gasteiger partial charge on any atom is -0.392 e. The molecule has 1 aromatic carbocycles. The summed E-state index contributed by atoms with van der Waals surface area (Å²) < 4.78 is 50.8. The van der Waals surface area contributed by atoms with Gasteiger partial charge in [0.05, 0.1) is 6.10 Å². The van der Waals surface area contributed by atoms with Gasteiger partial charge in [-0.1, -0.05) is 0 Å². The summed E-state index contributed by atoms with van der Waals surface area (Å²) >= 11 is 0. The maximum Gasteiger partial charge on any atom is 0.243 e. The number of hydrogen-bond acceptors (Lipinski definition) is 3. The zero-order valence-corrected chi connectivity index (χ0v) is 9.26. The van der Waals surface area contributed by atoms with Crippen molar-refractivity contribution >= 4 is 10.0 Å². The van der Waals surface area contributed by atoms with Gasteiger partial charge in [0.25, 0.3) is 0 Å². The van der Waals surface area contributed by atoms with Gasteiger partial charge < -0.3 is 5.11 Å². The fraction of sp³-hybridized carbons (Fsp3) is 0.333. The number of rotatable bonds is 4. The summed E-state index contributed by atoms with van der Waals surface area (Å²) in [7, 11) is -4.13. The van der Waals surface area contributed by atoms with Crippen molar-refractivity contribution in [3.05, 3.63) is 29.8 Å². The summed E-state index contributed by atoms with van der Waals surface area (Å²) in [6, 6.07) is 2.13. The normalized spacial score (nSPS) is 13.8. The minimum atomic E-state index is -4.13. The lowest BCUT2D eigenvalue weighted by Crippen LogP contribution is -2.31. The Bertz CT molecular complexity index is 474. The van der Waals surface area contributed by atoms with Crippen LogP contribution >= 0.6 is 0 Å². The van der Waals surface area contributed by atoms with Crippen molar-refractivity contribution in [1.82, 2.24) is 4.72 Å². The largest absolute Gasteiger partial charge is 0.392 e. The first kappa shape index (κ1) is 13.0. The lowest BCUT2D eigenvalue weighted by atomic mass is 10.3. The topological polar surface area (TPSA) is 66.4 Å². The van der Waals surface area contributed by atoms with Crippen molar-refractivity contribution in [2.75, 3.05) is 6.54 Å². The van der Waals surface area contributed by atoms with E-state index >= 15 is 0 Å². The Labute approximate surface area is 92.0 Å². The highest BCUT2D eigenvalue weighted by Gasteiger charge is 2.19. The van der Waals surface area contributed by atoms with Crippen molar-refractivity contribution in [2.45, 2.75) is 17.9 Å². The van der Waals surface area contributed by atoms with E-state index in [0.29, 0.717) is 6.07 Å². The van der Waals surface area contributed by atoms with Crippen molar-refractivity contribution in [3.63, 3.8) is 0 Å². The second-order valence-corrected chi connectivity index (χ2v) is 5.01. The Morgan fingerprint density at radius 2 is 2.06 bits per heavy atom. The zero-order chi connectivity index (χ0) is 12.3. The molecule has 0 aliphatic rings. The number of hydrogen-bond donors (Lipinski definition) is 2. The van der Waals surface area contributed by atoms with Crippen LogP contribution in [0.3, 0.4) is 0 Å². The molecule has 0 saturated carbocycles. The molecule has 0 saturated heterocycles. The van der Waals surface area contributed by atoms with Crippen LogP contribution in [0.2, 0.25) is 0 Å². The molecule has 0 unspecified atom stereocenters. The first-order valence-electron chi connectivity index (χ1n) is 4.45. The summed E-state index contributed by atoms with van der Waals surface area (Å²) in [5.41, 5.74) is 0. The smallest absolute Gasteiger partial charge is 0.243 e. The molecule has 0 fully saturated rings. The fourth-order valence-electron chi connectivity index (χ4n) is 0.991. The maximum atomic E-state index is 13.1. The van der Waals surface area contributed by atoms with Gasteiger partial charge in [0, 0.05) is 6.54 Å². The van der Waals surface area contributed by atoms with Crippen LogP contribution in [0.5, 0.6) is 0 Å². The van der Waals surface area contributed by atoms with Gasteiger partial charge in [-0.15, -0.1) is 0 Å². The molecule has 0 spiro atoms. The Kier molecular flexibility index (Phi) is 3.95. The van der Waals surface area contributed by atoms with E-state index in [4.69, 9.17) is 5.11 Å². The Balaban J connectivity index is 3.02. The SMILES string of the molecule is C[C@H](O)CNS(=O)(=O)c1cc(F)ccc1F. The predicted octanol–water partition coefficient (Wildman–Crippen LogP) is 0.624. The first-order valence-corrected chi connectivity index (χ1v) is 5.94. The van der Waals surface area contributed by atoms with Crippen LogP contribution in [0.25, 0.3) is 0 Å². The number of sulfonamides is 1. The number of halogens is 2. The van der Waals surface area contributed by atoms with E-state index in [1.807, 2.05) is 4.72 Å². The summed E-state index contributed by atoms with van der Waals surface area (Å²) in [6.45, 7) is 1.10. The molecule has 16 heavy (non-hydrogen) atoms. The van der Waals surface area contributed by atoms with E-state index in [2.05, 4.69) is 0 Å². The summed E-state index contributed by atoms with van der Waals surface area (Å²) in [4.78, 5) is -0.770. The molecule has 0 aliphatic heterocycles. The fourth-order valence-corrected chi connectivity index (χ4v) is 2.20. The van der Waals surface area contributed by atoms with Gasteiger partial charge >= 0.3 is 0 Å². The highest BCUT2D eigenvalue weighted by molar-refractivity contribution is 7.89. The summed E-state index contributed by atoms with van der Waals surface area (Å²) in [5, 5.41) is 8.89. The second kappa shape index (κ2) is 4.86. The van der Waals surface area contributed by atoms with Crippen LogP contribution in [0, 0.1) is 11.6 Å². The Morgan fingerprint density at radius 1 is 1.44 bits per heavy atom. The minimum absolute atomic E-state index is 0.266. The molecule has 90 valence electrons. The lowest BCUT2D eigenvalue weighted by molar-refractivity contribution is 0.198. The molecule has 0 amide bonds. The lowest BCUT2D eigenvalue weighted by Gasteiger charge is -2.08. The Morgan fingerprint density at radius 3 is 2.62 bits per heavy atom. The van der Waals surface area contributed by atoms with E-state index in [1.165, 1.54) is 6.92 Å². The molecule has 0 heterocycles. The standard InChI is InChI=1S/C9H11F2NO3S/c1-6(13)5-12-16(14,15)9-4-7(10)2-3-8(9)11/h2-4,6,12-13H,5H2,1H3/t6-/m0/s1. The molecule has 1 rings (SSSR count). The van der Waals surface area contributed by atoms with Crippen LogP contribution < -0.4 is 4.72 Å². The van der Waals surface area contributed by atoms with Gasteiger partial charge in [-0.2, -0.15) is 0 Å². The van der Waals surface area contributed by atoms with Crippen molar-refractivity contribution < 1.29 is 22.3 Å². The molecule has 0 aromatic heterocycles. The molecular formula is C9H11F2NO3S. The average molecular weight is 251 g/mol. The second-order valence-electron chi connectivity index (χ2n) is 3.28. The quantitative estimate of drug-likeness (QED) is 0.824. The van der Waals surface area contributed by atoms with Crippen LogP contribution in [0.1, 0.15) is 6.92 Å². The average Bonchev–Trinajstić information content (AvgIpc) is 2.19. The highest BCUT2D eigenvalue weighted by Crippen LogP contribution is 2.15. The van der Waals surface area contributed by atoms with E-state index < -0.39 is 32.7 Å². The highest BCUT2D eigenvalue weighted by atomic mass is 32.2. The molecule has 1 aromatic rings. The molecule has 4 nitrogen and oxygen atoms in total.